The maximum Gasteiger partial charge on any atom is 0.307 e. The number of carboxylic acids is 1. The lowest BCUT2D eigenvalue weighted by atomic mass is 9.96. The number of aliphatic carboxylic acids is 1. The van der Waals surface area contributed by atoms with E-state index in [1.165, 1.54) is 0 Å². The molecule has 6 nitrogen and oxygen atoms in total. The van der Waals surface area contributed by atoms with Gasteiger partial charge in [-0.05, 0) is 12.8 Å². The Morgan fingerprint density at radius 2 is 2.44 bits per heavy atom. The Morgan fingerprint density at radius 3 is 3.12 bits per heavy atom. The number of carboxylic acid groups (broad SMARTS) is 1. The number of hydrogen-bond donors (Lipinski definition) is 1. The van der Waals surface area contributed by atoms with Crippen molar-refractivity contribution in [3.05, 3.63) is 11.7 Å². The smallest absolute Gasteiger partial charge is 0.307 e. The van der Waals surface area contributed by atoms with Gasteiger partial charge in [-0.2, -0.15) is 4.98 Å². The zero-order chi connectivity index (χ0) is 11.5. The maximum absolute atomic E-state index is 11.0. The molecule has 0 spiro atoms. The Labute approximate surface area is 92.6 Å². The molecule has 0 aromatic carbocycles. The third kappa shape index (κ3) is 2.06. The highest BCUT2D eigenvalue weighted by atomic mass is 16.5. The first-order valence-corrected chi connectivity index (χ1v) is 5.26. The molecule has 1 aliphatic rings. The van der Waals surface area contributed by atoms with Crippen LogP contribution < -0.4 is 0 Å². The molecular formula is C10H14N2O4. The van der Waals surface area contributed by atoms with Crippen molar-refractivity contribution in [3.63, 3.8) is 0 Å². The van der Waals surface area contributed by atoms with Crippen LogP contribution in [0, 0.1) is 5.92 Å². The zero-order valence-electron chi connectivity index (χ0n) is 9.05. The minimum Gasteiger partial charge on any atom is -0.481 e. The first-order chi connectivity index (χ1) is 7.72. The average molecular weight is 226 g/mol. The van der Waals surface area contributed by atoms with Crippen LogP contribution in [0.2, 0.25) is 0 Å². The molecule has 88 valence electrons. The van der Waals surface area contributed by atoms with Gasteiger partial charge in [0.2, 0.25) is 5.89 Å². The van der Waals surface area contributed by atoms with Crippen molar-refractivity contribution in [2.45, 2.75) is 31.8 Å². The van der Waals surface area contributed by atoms with Crippen molar-refractivity contribution in [2.75, 3.05) is 7.11 Å². The van der Waals surface area contributed by atoms with Gasteiger partial charge in [0.25, 0.3) is 0 Å². The average Bonchev–Trinajstić information content (AvgIpc) is 2.83. The Kier molecular flexibility index (Phi) is 3.19. The predicted octanol–water partition coefficient (Wildman–Crippen LogP) is 1.18. The molecule has 0 aliphatic heterocycles. The second-order valence-corrected chi connectivity index (χ2v) is 3.96. The van der Waals surface area contributed by atoms with Crippen LogP contribution in [0.5, 0.6) is 0 Å². The van der Waals surface area contributed by atoms with Gasteiger partial charge in [0, 0.05) is 7.11 Å². The molecule has 1 heterocycles. The molecule has 1 N–H and O–H groups in total. The second kappa shape index (κ2) is 4.61. The molecule has 0 bridgehead atoms. The first-order valence-electron chi connectivity index (χ1n) is 5.26. The van der Waals surface area contributed by atoms with Gasteiger partial charge in [-0.25, -0.2) is 0 Å². The summed E-state index contributed by atoms with van der Waals surface area (Å²) in [5, 5.41) is 12.8. The van der Waals surface area contributed by atoms with Crippen LogP contribution in [0.1, 0.15) is 36.9 Å². The van der Waals surface area contributed by atoms with Crippen molar-refractivity contribution in [1.82, 2.24) is 10.1 Å². The van der Waals surface area contributed by atoms with E-state index in [2.05, 4.69) is 10.1 Å². The van der Waals surface area contributed by atoms with Crippen LogP contribution in [-0.4, -0.2) is 28.3 Å². The lowest BCUT2D eigenvalue weighted by Gasteiger charge is -2.09. The van der Waals surface area contributed by atoms with Crippen LogP contribution in [0.15, 0.2) is 4.52 Å². The summed E-state index contributed by atoms with van der Waals surface area (Å²) in [6.45, 7) is 0.286. The molecule has 1 fully saturated rings. The van der Waals surface area contributed by atoms with E-state index in [0.717, 1.165) is 12.8 Å². The minimum atomic E-state index is -0.783. The van der Waals surface area contributed by atoms with Gasteiger partial charge >= 0.3 is 5.97 Å². The van der Waals surface area contributed by atoms with E-state index in [9.17, 15) is 4.79 Å². The van der Waals surface area contributed by atoms with Crippen molar-refractivity contribution in [2.24, 2.45) is 5.92 Å². The molecule has 2 atom stereocenters. The number of rotatable bonds is 4. The van der Waals surface area contributed by atoms with E-state index in [4.69, 9.17) is 14.4 Å². The van der Waals surface area contributed by atoms with Gasteiger partial charge in [-0.3, -0.25) is 4.79 Å². The van der Waals surface area contributed by atoms with Crippen molar-refractivity contribution in [1.29, 1.82) is 0 Å². The summed E-state index contributed by atoms with van der Waals surface area (Å²) in [5.41, 5.74) is 0. The highest BCUT2D eigenvalue weighted by molar-refractivity contribution is 5.71. The van der Waals surface area contributed by atoms with E-state index in [-0.39, 0.29) is 12.5 Å². The second-order valence-electron chi connectivity index (χ2n) is 3.96. The summed E-state index contributed by atoms with van der Waals surface area (Å²) in [7, 11) is 1.55. The fourth-order valence-electron chi connectivity index (χ4n) is 2.16. The number of ether oxygens (including phenoxy) is 1. The van der Waals surface area contributed by atoms with Gasteiger partial charge in [0.1, 0.15) is 6.61 Å². The van der Waals surface area contributed by atoms with Crippen molar-refractivity contribution < 1.29 is 19.2 Å². The SMILES string of the molecule is COCc1noc(C2CCCC2C(=O)O)n1. The molecule has 0 radical (unpaired) electrons. The minimum absolute atomic E-state index is 0.143. The van der Waals surface area contributed by atoms with Crippen molar-refractivity contribution in [3.8, 4) is 0 Å². The van der Waals surface area contributed by atoms with E-state index < -0.39 is 11.9 Å². The molecule has 2 unspecified atom stereocenters. The van der Waals surface area contributed by atoms with E-state index in [1.807, 2.05) is 0 Å². The lowest BCUT2D eigenvalue weighted by molar-refractivity contribution is -0.142. The summed E-state index contributed by atoms with van der Waals surface area (Å²) in [5.74, 6) is -0.425. The topological polar surface area (TPSA) is 85.5 Å². The van der Waals surface area contributed by atoms with E-state index >= 15 is 0 Å². The summed E-state index contributed by atoms with van der Waals surface area (Å²) < 4.78 is 9.95. The maximum atomic E-state index is 11.0. The zero-order valence-corrected chi connectivity index (χ0v) is 9.05. The van der Waals surface area contributed by atoms with Crippen LogP contribution in [0.4, 0.5) is 0 Å². The molecule has 2 rings (SSSR count). The molecule has 1 aromatic rings. The van der Waals surface area contributed by atoms with Gasteiger partial charge < -0.3 is 14.4 Å². The third-order valence-electron chi connectivity index (χ3n) is 2.91. The molecule has 0 amide bonds. The molecule has 1 saturated carbocycles. The normalized spacial score (nSPS) is 24.8. The lowest BCUT2D eigenvalue weighted by Crippen LogP contribution is -2.17. The monoisotopic (exact) mass is 226 g/mol. The van der Waals surface area contributed by atoms with E-state index in [1.54, 1.807) is 7.11 Å². The Morgan fingerprint density at radius 1 is 1.62 bits per heavy atom. The van der Waals surface area contributed by atoms with Gasteiger partial charge in [-0.1, -0.05) is 11.6 Å². The number of hydrogen-bond acceptors (Lipinski definition) is 5. The van der Waals surface area contributed by atoms with Crippen LogP contribution in [-0.2, 0) is 16.1 Å². The Balaban J connectivity index is 2.13. The van der Waals surface area contributed by atoms with E-state index in [0.29, 0.717) is 18.1 Å². The van der Waals surface area contributed by atoms with Crippen LogP contribution >= 0.6 is 0 Å². The third-order valence-corrected chi connectivity index (χ3v) is 2.91. The first kappa shape index (κ1) is 11.1. The standard InChI is InChI=1S/C10H14N2O4/c1-15-5-8-11-9(16-12-8)6-3-2-4-7(6)10(13)14/h6-7H,2-5H2,1H3,(H,13,14). The highest BCUT2D eigenvalue weighted by Crippen LogP contribution is 2.38. The number of methoxy groups -OCH3 is 1. The van der Waals surface area contributed by atoms with Crippen molar-refractivity contribution >= 4 is 5.97 Å². The van der Waals surface area contributed by atoms with Gasteiger partial charge in [0.15, 0.2) is 5.82 Å². The Hall–Kier alpha value is -1.43. The van der Waals surface area contributed by atoms with Gasteiger partial charge in [0.05, 0.1) is 11.8 Å². The largest absolute Gasteiger partial charge is 0.481 e. The summed E-state index contributed by atoms with van der Waals surface area (Å²) in [4.78, 5) is 15.2. The van der Waals surface area contributed by atoms with Crippen LogP contribution in [0.3, 0.4) is 0 Å². The number of carbonyl (C=O) groups is 1. The van der Waals surface area contributed by atoms with Crippen LogP contribution in [0.25, 0.3) is 0 Å². The quantitative estimate of drug-likeness (QED) is 0.829. The highest BCUT2D eigenvalue weighted by Gasteiger charge is 2.37. The fourth-order valence-corrected chi connectivity index (χ4v) is 2.16. The van der Waals surface area contributed by atoms with Gasteiger partial charge in [-0.15, -0.1) is 0 Å². The molecular weight excluding hydrogens is 212 g/mol. The molecule has 6 heteroatoms. The molecule has 1 aliphatic carbocycles. The summed E-state index contributed by atoms with van der Waals surface area (Å²) in [6.07, 6.45) is 2.37. The molecule has 16 heavy (non-hydrogen) atoms. The fraction of sp³-hybridized carbons (Fsp3) is 0.700. The number of nitrogens with zero attached hydrogens (tertiary/aromatic N) is 2. The predicted molar refractivity (Wildman–Crippen MR) is 52.7 cm³/mol. The molecule has 1 aromatic heterocycles. The molecule has 0 saturated heterocycles. The Bertz CT molecular complexity index is 377. The summed E-state index contributed by atoms with van der Waals surface area (Å²) >= 11 is 0. The number of aromatic nitrogens is 2. The summed E-state index contributed by atoms with van der Waals surface area (Å²) in [6, 6.07) is 0.